The summed E-state index contributed by atoms with van der Waals surface area (Å²) in [6.07, 6.45) is 5.54. The Balaban J connectivity index is 1.66. The van der Waals surface area contributed by atoms with Crippen LogP contribution in [0.1, 0.15) is 39.5 Å². The summed E-state index contributed by atoms with van der Waals surface area (Å²) in [4.78, 5) is 0. The zero-order valence-electron chi connectivity index (χ0n) is 10.7. The number of hydrogen-bond acceptors (Lipinski definition) is 3. The van der Waals surface area contributed by atoms with Crippen LogP contribution in [0.25, 0.3) is 0 Å². The summed E-state index contributed by atoms with van der Waals surface area (Å²) in [6, 6.07) is 0. The molecular weight excluding hydrogens is 200 g/mol. The van der Waals surface area contributed by atoms with Crippen LogP contribution in [-0.4, -0.2) is 37.9 Å². The van der Waals surface area contributed by atoms with E-state index in [4.69, 9.17) is 4.74 Å². The molecule has 2 rings (SSSR count). The van der Waals surface area contributed by atoms with Crippen LogP contribution in [0.5, 0.6) is 0 Å². The molecule has 2 fully saturated rings. The summed E-state index contributed by atoms with van der Waals surface area (Å²) in [6.45, 7) is 8.97. The average Bonchev–Trinajstić information content (AvgIpc) is 2.61. The molecular formula is C13H26N2O. The van der Waals surface area contributed by atoms with Gasteiger partial charge in [0.05, 0.1) is 6.10 Å². The van der Waals surface area contributed by atoms with Gasteiger partial charge in [0.25, 0.3) is 0 Å². The lowest BCUT2D eigenvalue weighted by molar-refractivity contribution is 0.0880. The molecule has 2 N–H and O–H groups in total. The van der Waals surface area contributed by atoms with Crippen LogP contribution in [0, 0.1) is 5.92 Å². The highest BCUT2D eigenvalue weighted by atomic mass is 16.5. The maximum atomic E-state index is 5.64. The minimum atomic E-state index is 0.215. The Labute approximate surface area is 99.3 Å². The second kappa shape index (κ2) is 5.48. The van der Waals surface area contributed by atoms with Gasteiger partial charge in [0, 0.05) is 12.1 Å². The fraction of sp³-hybridized carbons (Fsp3) is 1.00. The number of piperidine rings is 1. The van der Waals surface area contributed by atoms with Crippen LogP contribution in [0.4, 0.5) is 0 Å². The number of rotatable bonds is 4. The summed E-state index contributed by atoms with van der Waals surface area (Å²) in [7, 11) is 0. The van der Waals surface area contributed by atoms with E-state index >= 15 is 0 Å². The first-order valence-electron chi connectivity index (χ1n) is 6.78. The predicted octanol–water partition coefficient (Wildman–Crippen LogP) is 1.53. The van der Waals surface area contributed by atoms with E-state index in [0.29, 0.717) is 6.10 Å². The van der Waals surface area contributed by atoms with Gasteiger partial charge in [-0.1, -0.05) is 0 Å². The molecule has 0 amide bonds. The van der Waals surface area contributed by atoms with E-state index in [1.807, 2.05) is 0 Å². The zero-order valence-corrected chi connectivity index (χ0v) is 10.7. The molecule has 94 valence electrons. The fourth-order valence-corrected chi connectivity index (χ4v) is 2.80. The molecule has 0 bridgehead atoms. The van der Waals surface area contributed by atoms with E-state index in [0.717, 1.165) is 25.5 Å². The highest BCUT2D eigenvalue weighted by Crippen LogP contribution is 2.25. The molecule has 0 aromatic heterocycles. The van der Waals surface area contributed by atoms with Crippen LogP contribution in [0.2, 0.25) is 0 Å². The van der Waals surface area contributed by atoms with Crippen molar-refractivity contribution in [3.63, 3.8) is 0 Å². The molecule has 2 unspecified atom stereocenters. The lowest BCUT2D eigenvalue weighted by Gasteiger charge is -2.30. The van der Waals surface area contributed by atoms with E-state index in [1.54, 1.807) is 0 Å². The second-order valence-corrected chi connectivity index (χ2v) is 5.59. The third-order valence-electron chi connectivity index (χ3n) is 4.43. The lowest BCUT2D eigenvalue weighted by atomic mass is 9.92. The van der Waals surface area contributed by atoms with Crippen molar-refractivity contribution in [2.24, 2.45) is 5.92 Å². The van der Waals surface area contributed by atoms with Gasteiger partial charge in [-0.3, -0.25) is 0 Å². The molecule has 0 saturated carbocycles. The quantitative estimate of drug-likeness (QED) is 0.763. The van der Waals surface area contributed by atoms with Crippen molar-refractivity contribution in [1.82, 2.24) is 10.6 Å². The smallest absolute Gasteiger partial charge is 0.0726 e. The van der Waals surface area contributed by atoms with Crippen molar-refractivity contribution in [3.05, 3.63) is 0 Å². The van der Waals surface area contributed by atoms with E-state index in [1.165, 1.54) is 32.4 Å². The van der Waals surface area contributed by atoms with Gasteiger partial charge in [0.1, 0.15) is 0 Å². The molecule has 2 atom stereocenters. The van der Waals surface area contributed by atoms with E-state index in [9.17, 15) is 0 Å². The molecule has 2 heterocycles. The summed E-state index contributed by atoms with van der Waals surface area (Å²) in [5.74, 6) is 0.926. The van der Waals surface area contributed by atoms with Gasteiger partial charge in [0.15, 0.2) is 0 Å². The van der Waals surface area contributed by atoms with Crippen molar-refractivity contribution in [2.75, 3.05) is 26.2 Å². The van der Waals surface area contributed by atoms with Crippen molar-refractivity contribution < 1.29 is 4.74 Å². The Hall–Kier alpha value is -0.120. The largest absolute Gasteiger partial charge is 0.377 e. The minimum Gasteiger partial charge on any atom is -0.377 e. The monoisotopic (exact) mass is 226 g/mol. The number of hydrogen-bond donors (Lipinski definition) is 2. The fourth-order valence-electron chi connectivity index (χ4n) is 2.80. The van der Waals surface area contributed by atoms with Crippen molar-refractivity contribution >= 4 is 0 Å². The summed E-state index contributed by atoms with van der Waals surface area (Å²) < 4.78 is 5.64. The Morgan fingerprint density at radius 2 is 2.12 bits per heavy atom. The van der Waals surface area contributed by atoms with Crippen LogP contribution in [0.15, 0.2) is 0 Å². The molecule has 0 aliphatic carbocycles. The van der Waals surface area contributed by atoms with Crippen molar-refractivity contribution in [1.29, 1.82) is 0 Å². The van der Waals surface area contributed by atoms with Gasteiger partial charge in [-0.05, 0) is 65.1 Å². The molecule has 0 aromatic rings. The first-order chi connectivity index (χ1) is 7.71. The molecule has 3 heteroatoms. The Kier molecular flexibility index (Phi) is 4.22. The van der Waals surface area contributed by atoms with Crippen LogP contribution in [-0.2, 0) is 4.74 Å². The van der Waals surface area contributed by atoms with Crippen LogP contribution >= 0.6 is 0 Å². The normalized spacial score (nSPS) is 36.8. The molecule has 0 spiro atoms. The van der Waals surface area contributed by atoms with E-state index < -0.39 is 0 Å². The highest BCUT2D eigenvalue weighted by molar-refractivity contribution is 4.93. The second-order valence-electron chi connectivity index (χ2n) is 5.59. The SMILES string of the molecule is CC1OCCC1(C)NCCC1CCNCC1. The topological polar surface area (TPSA) is 33.3 Å². The van der Waals surface area contributed by atoms with Gasteiger partial charge < -0.3 is 15.4 Å². The maximum Gasteiger partial charge on any atom is 0.0726 e. The van der Waals surface area contributed by atoms with Gasteiger partial charge >= 0.3 is 0 Å². The Bertz CT molecular complexity index is 216. The molecule has 0 aromatic carbocycles. The van der Waals surface area contributed by atoms with Crippen molar-refractivity contribution in [3.8, 4) is 0 Å². The first-order valence-corrected chi connectivity index (χ1v) is 6.78. The van der Waals surface area contributed by atoms with E-state index in [-0.39, 0.29) is 5.54 Å². The first kappa shape index (κ1) is 12.3. The van der Waals surface area contributed by atoms with Gasteiger partial charge in [0.2, 0.25) is 0 Å². The molecule has 2 saturated heterocycles. The minimum absolute atomic E-state index is 0.215. The van der Waals surface area contributed by atoms with E-state index in [2.05, 4.69) is 24.5 Å². The zero-order chi connectivity index (χ0) is 11.4. The van der Waals surface area contributed by atoms with Crippen molar-refractivity contribution in [2.45, 2.75) is 51.2 Å². The van der Waals surface area contributed by atoms with Crippen LogP contribution < -0.4 is 10.6 Å². The Morgan fingerprint density at radius 3 is 2.75 bits per heavy atom. The third-order valence-corrected chi connectivity index (χ3v) is 4.43. The highest BCUT2D eigenvalue weighted by Gasteiger charge is 2.36. The molecule has 2 aliphatic heterocycles. The summed E-state index contributed by atoms with van der Waals surface area (Å²) >= 11 is 0. The number of ether oxygens (including phenoxy) is 1. The molecule has 0 radical (unpaired) electrons. The summed E-state index contributed by atoms with van der Waals surface area (Å²) in [5, 5.41) is 7.13. The van der Waals surface area contributed by atoms with Gasteiger partial charge in [-0.15, -0.1) is 0 Å². The standard InChI is InChI=1S/C13H26N2O/c1-11-13(2,6-10-16-11)15-9-5-12-3-7-14-8-4-12/h11-12,14-15H,3-10H2,1-2H3. The average molecular weight is 226 g/mol. The Morgan fingerprint density at radius 1 is 1.38 bits per heavy atom. The predicted molar refractivity (Wildman–Crippen MR) is 66.6 cm³/mol. The maximum absolute atomic E-state index is 5.64. The lowest BCUT2D eigenvalue weighted by Crippen LogP contribution is -2.48. The van der Waals surface area contributed by atoms with Gasteiger partial charge in [-0.25, -0.2) is 0 Å². The molecule has 2 aliphatic rings. The number of nitrogens with one attached hydrogen (secondary N) is 2. The molecule has 16 heavy (non-hydrogen) atoms. The van der Waals surface area contributed by atoms with Gasteiger partial charge in [-0.2, -0.15) is 0 Å². The molecule has 3 nitrogen and oxygen atoms in total. The van der Waals surface area contributed by atoms with Crippen LogP contribution in [0.3, 0.4) is 0 Å². The third kappa shape index (κ3) is 2.96. The summed E-state index contributed by atoms with van der Waals surface area (Å²) in [5.41, 5.74) is 0.215.